The maximum absolute atomic E-state index is 12.3. The van der Waals surface area contributed by atoms with Crippen molar-refractivity contribution in [2.24, 2.45) is 0 Å². The number of methoxy groups -OCH3 is 1. The Morgan fingerprint density at radius 3 is 2.60 bits per heavy atom. The Kier molecular flexibility index (Phi) is 6.09. The number of esters is 1. The number of nitrogens with zero attached hydrogens (tertiary/aromatic N) is 2. The number of hydrogen-bond acceptors (Lipinski definition) is 5. The van der Waals surface area contributed by atoms with Crippen LogP contribution in [0.4, 0.5) is 0 Å². The molecule has 0 spiro atoms. The van der Waals surface area contributed by atoms with Crippen molar-refractivity contribution in [3.63, 3.8) is 0 Å². The molecule has 0 radical (unpaired) electrons. The second-order valence-electron chi connectivity index (χ2n) is 4.60. The molecule has 0 aromatic carbocycles. The molecule has 20 heavy (non-hydrogen) atoms. The van der Waals surface area contributed by atoms with Gasteiger partial charge in [0.2, 0.25) is 10.0 Å². The molecule has 6 nitrogen and oxygen atoms in total. The van der Waals surface area contributed by atoms with Gasteiger partial charge in [-0.1, -0.05) is 6.07 Å². The van der Waals surface area contributed by atoms with Crippen molar-refractivity contribution in [3.8, 4) is 0 Å². The summed E-state index contributed by atoms with van der Waals surface area (Å²) in [6.45, 7) is 3.18. The molecule has 1 heterocycles. The van der Waals surface area contributed by atoms with Crippen molar-refractivity contribution in [1.82, 2.24) is 9.29 Å². The van der Waals surface area contributed by atoms with Crippen LogP contribution in [0.3, 0.4) is 0 Å². The highest BCUT2D eigenvalue weighted by atomic mass is 32.2. The van der Waals surface area contributed by atoms with Crippen LogP contribution in [-0.4, -0.2) is 49.1 Å². The molecule has 0 aliphatic heterocycles. The minimum Gasteiger partial charge on any atom is -0.468 e. The summed E-state index contributed by atoms with van der Waals surface area (Å²) in [6, 6.07) is 5.05. The topological polar surface area (TPSA) is 76.6 Å². The second kappa shape index (κ2) is 7.35. The summed E-state index contributed by atoms with van der Waals surface area (Å²) in [5.74, 6) is -0.653. The van der Waals surface area contributed by atoms with Gasteiger partial charge in [0.1, 0.15) is 6.54 Å². The highest BCUT2D eigenvalue weighted by Crippen LogP contribution is 2.10. The summed E-state index contributed by atoms with van der Waals surface area (Å²) in [5, 5.41) is 0. The molecule has 0 aliphatic rings. The fourth-order valence-corrected chi connectivity index (χ4v) is 3.34. The number of rotatable bonds is 7. The zero-order valence-electron chi connectivity index (χ0n) is 11.9. The van der Waals surface area contributed by atoms with E-state index in [9.17, 15) is 13.2 Å². The van der Waals surface area contributed by atoms with Gasteiger partial charge in [-0.15, -0.1) is 0 Å². The lowest BCUT2D eigenvalue weighted by Gasteiger charge is -2.24. The van der Waals surface area contributed by atoms with Gasteiger partial charge in [-0.3, -0.25) is 9.78 Å². The van der Waals surface area contributed by atoms with Crippen molar-refractivity contribution >= 4 is 16.0 Å². The normalized spacial score (nSPS) is 11.8. The standard InChI is InChI=1S/C13H20N2O4S/c1-11(2)15(10-13(16)19-3)20(17,18)9-7-12-6-4-5-8-14-12/h4-6,8,11H,7,9-10H2,1-3H3. The Labute approximate surface area is 119 Å². The van der Waals surface area contributed by atoms with Crippen LogP contribution in [0.5, 0.6) is 0 Å². The van der Waals surface area contributed by atoms with E-state index in [-0.39, 0.29) is 18.3 Å². The summed E-state index contributed by atoms with van der Waals surface area (Å²) < 4.78 is 30.3. The van der Waals surface area contributed by atoms with E-state index in [2.05, 4.69) is 9.72 Å². The van der Waals surface area contributed by atoms with Gasteiger partial charge in [0, 0.05) is 24.4 Å². The highest BCUT2D eigenvalue weighted by Gasteiger charge is 2.27. The van der Waals surface area contributed by atoms with Gasteiger partial charge in [-0.2, -0.15) is 4.31 Å². The fourth-order valence-electron chi connectivity index (χ4n) is 1.69. The smallest absolute Gasteiger partial charge is 0.321 e. The predicted octanol–water partition coefficient (Wildman–Crippen LogP) is 0.837. The van der Waals surface area contributed by atoms with Gasteiger partial charge >= 0.3 is 5.97 Å². The monoisotopic (exact) mass is 300 g/mol. The summed E-state index contributed by atoms with van der Waals surface area (Å²) in [6.07, 6.45) is 1.93. The minimum atomic E-state index is -3.53. The van der Waals surface area contributed by atoms with Crippen molar-refractivity contribution < 1.29 is 17.9 Å². The lowest BCUT2D eigenvalue weighted by atomic mass is 10.3. The third-order valence-electron chi connectivity index (χ3n) is 2.79. The molecule has 0 saturated heterocycles. The first kappa shape index (κ1) is 16.6. The predicted molar refractivity (Wildman–Crippen MR) is 75.6 cm³/mol. The van der Waals surface area contributed by atoms with Crippen LogP contribution in [0.25, 0.3) is 0 Å². The first-order chi connectivity index (χ1) is 9.36. The van der Waals surface area contributed by atoms with E-state index < -0.39 is 16.0 Å². The zero-order valence-corrected chi connectivity index (χ0v) is 12.8. The number of aryl methyl sites for hydroxylation is 1. The quantitative estimate of drug-likeness (QED) is 0.697. The molecule has 0 N–H and O–H groups in total. The highest BCUT2D eigenvalue weighted by molar-refractivity contribution is 7.89. The number of aromatic nitrogens is 1. The van der Waals surface area contributed by atoms with E-state index in [0.29, 0.717) is 12.1 Å². The van der Waals surface area contributed by atoms with E-state index in [1.54, 1.807) is 32.2 Å². The Hall–Kier alpha value is -1.47. The molecule has 0 saturated carbocycles. The van der Waals surface area contributed by atoms with Crippen LogP contribution in [0.15, 0.2) is 24.4 Å². The third kappa shape index (κ3) is 4.90. The SMILES string of the molecule is COC(=O)CN(C(C)C)S(=O)(=O)CCc1ccccn1. The summed E-state index contributed by atoms with van der Waals surface area (Å²) in [7, 11) is -2.30. The molecular weight excluding hydrogens is 280 g/mol. The van der Waals surface area contributed by atoms with Gasteiger partial charge < -0.3 is 4.74 Å². The number of sulfonamides is 1. The summed E-state index contributed by atoms with van der Waals surface area (Å²) in [5.41, 5.74) is 0.706. The first-order valence-corrected chi connectivity index (χ1v) is 7.94. The average molecular weight is 300 g/mol. The Morgan fingerprint density at radius 1 is 1.40 bits per heavy atom. The van der Waals surface area contributed by atoms with Crippen LogP contribution in [-0.2, 0) is 26.0 Å². The van der Waals surface area contributed by atoms with Crippen molar-refractivity contribution in [2.75, 3.05) is 19.4 Å². The van der Waals surface area contributed by atoms with Crippen LogP contribution in [0, 0.1) is 0 Å². The van der Waals surface area contributed by atoms with Gasteiger partial charge in [-0.05, 0) is 26.0 Å². The van der Waals surface area contributed by atoms with Crippen LogP contribution < -0.4 is 0 Å². The molecule has 1 aromatic rings. The van der Waals surface area contributed by atoms with Crippen LogP contribution in [0.2, 0.25) is 0 Å². The van der Waals surface area contributed by atoms with Crippen molar-refractivity contribution in [2.45, 2.75) is 26.3 Å². The van der Waals surface area contributed by atoms with Gasteiger partial charge in [0.15, 0.2) is 0 Å². The Balaban J connectivity index is 2.75. The Bertz CT molecular complexity index is 529. The van der Waals surface area contributed by atoms with Gasteiger partial charge in [-0.25, -0.2) is 8.42 Å². The van der Waals surface area contributed by atoms with Crippen LogP contribution in [0.1, 0.15) is 19.5 Å². The number of hydrogen-bond donors (Lipinski definition) is 0. The number of carbonyl (C=O) groups excluding carboxylic acids is 1. The number of carbonyl (C=O) groups is 1. The largest absolute Gasteiger partial charge is 0.468 e. The lowest BCUT2D eigenvalue weighted by molar-refractivity contribution is -0.141. The van der Waals surface area contributed by atoms with Crippen molar-refractivity contribution in [1.29, 1.82) is 0 Å². The first-order valence-electron chi connectivity index (χ1n) is 6.33. The molecule has 7 heteroatoms. The van der Waals surface area contributed by atoms with E-state index in [4.69, 9.17) is 0 Å². The van der Waals surface area contributed by atoms with Gasteiger partial charge in [0.05, 0.1) is 12.9 Å². The summed E-state index contributed by atoms with van der Waals surface area (Å²) in [4.78, 5) is 15.4. The second-order valence-corrected chi connectivity index (χ2v) is 6.64. The molecule has 0 fully saturated rings. The molecular formula is C13H20N2O4S. The maximum Gasteiger partial charge on any atom is 0.321 e. The van der Waals surface area contributed by atoms with Crippen LogP contribution >= 0.6 is 0 Å². The molecule has 1 rings (SSSR count). The van der Waals surface area contributed by atoms with E-state index in [0.717, 1.165) is 4.31 Å². The molecule has 0 aliphatic carbocycles. The Morgan fingerprint density at radius 2 is 2.10 bits per heavy atom. The average Bonchev–Trinajstić information content (AvgIpc) is 2.43. The maximum atomic E-state index is 12.3. The lowest BCUT2D eigenvalue weighted by Crippen LogP contribution is -2.42. The number of ether oxygens (including phenoxy) is 1. The third-order valence-corrected chi connectivity index (χ3v) is 4.77. The molecule has 0 bridgehead atoms. The molecule has 1 aromatic heterocycles. The fraction of sp³-hybridized carbons (Fsp3) is 0.538. The number of pyridine rings is 1. The molecule has 0 atom stereocenters. The molecule has 112 valence electrons. The minimum absolute atomic E-state index is 0.0841. The van der Waals surface area contributed by atoms with E-state index in [1.807, 2.05) is 6.07 Å². The summed E-state index contributed by atoms with van der Waals surface area (Å²) >= 11 is 0. The van der Waals surface area contributed by atoms with Gasteiger partial charge in [0.25, 0.3) is 0 Å². The molecule has 0 amide bonds. The zero-order chi connectivity index (χ0) is 15.2. The molecule has 0 unspecified atom stereocenters. The van der Waals surface area contributed by atoms with Crippen molar-refractivity contribution in [3.05, 3.63) is 30.1 Å². The van der Waals surface area contributed by atoms with E-state index >= 15 is 0 Å². The van der Waals surface area contributed by atoms with E-state index in [1.165, 1.54) is 7.11 Å².